The molecule has 0 saturated heterocycles. The topological polar surface area (TPSA) is 77.2 Å². The van der Waals surface area contributed by atoms with Crippen molar-refractivity contribution in [2.75, 3.05) is 0 Å². The Kier molecular flexibility index (Phi) is 4.47. The summed E-state index contributed by atoms with van der Waals surface area (Å²) < 4.78 is 10.2. The van der Waals surface area contributed by atoms with Gasteiger partial charge < -0.3 is 14.6 Å². The molecule has 7 heteroatoms. The van der Waals surface area contributed by atoms with Crippen LogP contribution >= 0.6 is 11.6 Å². The van der Waals surface area contributed by atoms with Crippen molar-refractivity contribution >= 4 is 17.7 Å². The molecule has 1 heterocycles. The maximum atomic E-state index is 11.5. The Morgan fingerprint density at radius 3 is 2.86 bits per heavy atom. The van der Waals surface area contributed by atoms with E-state index in [4.69, 9.17) is 20.9 Å². The van der Waals surface area contributed by atoms with Gasteiger partial charge in [-0.3, -0.25) is 0 Å². The van der Waals surface area contributed by atoms with Gasteiger partial charge in [0.05, 0.1) is 0 Å². The van der Waals surface area contributed by atoms with E-state index >= 15 is 0 Å². The first-order valence-electron chi connectivity index (χ1n) is 6.39. The lowest BCUT2D eigenvalue weighted by Gasteiger charge is -2.19. The van der Waals surface area contributed by atoms with Crippen LogP contribution in [0.2, 0.25) is 5.02 Å². The van der Waals surface area contributed by atoms with Crippen molar-refractivity contribution in [1.29, 1.82) is 0 Å². The average molecular weight is 310 g/mol. The van der Waals surface area contributed by atoms with Gasteiger partial charge in [0, 0.05) is 10.6 Å². The number of carbonyl (C=O) groups is 1. The second kappa shape index (κ2) is 6.13. The summed E-state index contributed by atoms with van der Waals surface area (Å²) in [4.78, 5) is 15.7. The van der Waals surface area contributed by atoms with Crippen LogP contribution in [0.1, 0.15) is 26.7 Å². The highest BCUT2D eigenvalue weighted by Crippen LogP contribution is 2.19. The highest BCUT2D eigenvalue weighted by molar-refractivity contribution is 6.30. The molecule has 1 amide bonds. The van der Waals surface area contributed by atoms with Crippen LogP contribution in [-0.2, 0) is 11.3 Å². The molecular formula is C14H16ClN3O3. The van der Waals surface area contributed by atoms with Gasteiger partial charge in [-0.2, -0.15) is 4.98 Å². The molecule has 0 fully saturated rings. The van der Waals surface area contributed by atoms with E-state index in [0.29, 0.717) is 10.8 Å². The summed E-state index contributed by atoms with van der Waals surface area (Å²) in [6.45, 7) is 5.46. The highest BCUT2D eigenvalue weighted by Gasteiger charge is 2.17. The standard InChI is InChI=1S/C14H16ClN3O3/c1-14(2,3)20-13(19)16-8-11-17-12(18-21-11)9-5-4-6-10(15)7-9/h4-7H,8H2,1-3H3,(H,16,19). The third kappa shape index (κ3) is 4.75. The van der Waals surface area contributed by atoms with Crippen LogP contribution in [0.3, 0.4) is 0 Å². The second-order valence-corrected chi connectivity index (χ2v) is 5.81. The average Bonchev–Trinajstić information content (AvgIpc) is 2.83. The molecule has 21 heavy (non-hydrogen) atoms. The van der Waals surface area contributed by atoms with Crippen molar-refractivity contribution in [2.24, 2.45) is 0 Å². The van der Waals surface area contributed by atoms with Crippen molar-refractivity contribution in [3.63, 3.8) is 0 Å². The number of benzene rings is 1. The number of aromatic nitrogens is 2. The third-order valence-electron chi connectivity index (χ3n) is 2.33. The fourth-order valence-corrected chi connectivity index (χ4v) is 1.72. The normalized spacial score (nSPS) is 11.2. The quantitative estimate of drug-likeness (QED) is 0.940. The largest absolute Gasteiger partial charge is 0.444 e. The van der Waals surface area contributed by atoms with E-state index in [1.54, 1.807) is 39.0 Å². The van der Waals surface area contributed by atoms with Crippen molar-refractivity contribution in [1.82, 2.24) is 15.5 Å². The number of nitrogens with zero attached hydrogens (tertiary/aromatic N) is 2. The molecule has 0 radical (unpaired) electrons. The van der Waals surface area contributed by atoms with E-state index in [0.717, 1.165) is 5.56 Å². The van der Waals surface area contributed by atoms with Crippen molar-refractivity contribution in [3.05, 3.63) is 35.2 Å². The van der Waals surface area contributed by atoms with Crippen LogP contribution in [0.25, 0.3) is 11.4 Å². The minimum Gasteiger partial charge on any atom is -0.444 e. The van der Waals surface area contributed by atoms with Gasteiger partial charge in [0.25, 0.3) is 0 Å². The molecule has 0 bridgehead atoms. The van der Waals surface area contributed by atoms with Gasteiger partial charge in [-0.05, 0) is 32.9 Å². The van der Waals surface area contributed by atoms with Gasteiger partial charge in [-0.25, -0.2) is 4.79 Å². The first-order valence-corrected chi connectivity index (χ1v) is 6.77. The predicted molar refractivity (Wildman–Crippen MR) is 77.8 cm³/mol. The zero-order chi connectivity index (χ0) is 15.5. The van der Waals surface area contributed by atoms with Gasteiger partial charge >= 0.3 is 6.09 Å². The van der Waals surface area contributed by atoms with Gasteiger partial charge in [-0.1, -0.05) is 28.9 Å². The predicted octanol–water partition coefficient (Wildman–Crippen LogP) is 3.41. The van der Waals surface area contributed by atoms with Crippen molar-refractivity contribution in [2.45, 2.75) is 32.9 Å². The molecule has 2 aromatic rings. The highest BCUT2D eigenvalue weighted by atomic mass is 35.5. The summed E-state index contributed by atoms with van der Waals surface area (Å²) in [6.07, 6.45) is -0.537. The number of amides is 1. The second-order valence-electron chi connectivity index (χ2n) is 5.38. The molecule has 0 atom stereocenters. The Hall–Kier alpha value is -2.08. The Morgan fingerprint density at radius 1 is 1.43 bits per heavy atom. The monoisotopic (exact) mass is 309 g/mol. The van der Waals surface area contributed by atoms with Gasteiger partial charge in [0.2, 0.25) is 11.7 Å². The van der Waals surface area contributed by atoms with E-state index in [-0.39, 0.29) is 12.4 Å². The van der Waals surface area contributed by atoms with E-state index < -0.39 is 11.7 Å². The number of halogens is 1. The lowest BCUT2D eigenvalue weighted by molar-refractivity contribution is 0.0518. The minimum absolute atomic E-state index is 0.0997. The molecule has 0 unspecified atom stereocenters. The molecule has 0 spiro atoms. The smallest absolute Gasteiger partial charge is 0.408 e. The van der Waals surface area contributed by atoms with Gasteiger partial charge in [-0.15, -0.1) is 0 Å². The summed E-state index contributed by atoms with van der Waals surface area (Å²) in [5, 5.41) is 6.98. The lowest BCUT2D eigenvalue weighted by Crippen LogP contribution is -2.32. The number of carbonyl (C=O) groups excluding carboxylic acids is 1. The maximum absolute atomic E-state index is 11.5. The Balaban J connectivity index is 1.96. The molecule has 6 nitrogen and oxygen atoms in total. The van der Waals surface area contributed by atoms with Crippen LogP contribution < -0.4 is 5.32 Å². The molecule has 1 N–H and O–H groups in total. The van der Waals surface area contributed by atoms with Crippen molar-refractivity contribution < 1.29 is 14.1 Å². The summed E-state index contributed by atoms with van der Waals surface area (Å²) in [7, 11) is 0. The van der Waals surface area contributed by atoms with Crippen molar-refractivity contribution in [3.8, 4) is 11.4 Å². The van der Waals surface area contributed by atoms with E-state index in [1.165, 1.54) is 0 Å². The molecule has 1 aromatic carbocycles. The molecule has 0 aliphatic rings. The number of hydrogen-bond acceptors (Lipinski definition) is 5. The SMILES string of the molecule is CC(C)(C)OC(=O)NCc1nc(-c2cccc(Cl)c2)no1. The molecule has 1 aromatic heterocycles. The van der Waals surface area contributed by atoms with Crippen LogP contribution in [0.15, 0.2) is 28.8 Å². The van der Waals surface area contributed by atoms with Crippen LogP contribution in [0, 0.1) is 0 Å². The number of hydrogen-bond donors (Lipinski definition) is 1. The summed E-state index contributed by atoms with van der Waals surface area (Å²) in [5.74, 6) is 0.703. The first kappa shape index (κ1) is 15.3. The summed E-state index contributed by atoms with van der Waals surface area (Å²) >= 11 is 5.91. The molecule has 0 aliphatic carbocycles. The fraction of sp³-hybridized carbons (Fsp3) is 0.357. The number of alkyl carbamates (subject to hydrolysis) is 1. The summed E-state index contributed by atoms with van der Waals surface area (Å²) in [5.41, 5.74) is 0.194. The third-order valence-corrected chi connectivity index (χ3v) is 2.57. The molecule has 112 valence electrons. The van der Waals surface area contributed by atoms with E-state index in [1.807, 2.05) is 6.07 Å². The number of ether oxygens (including phenoxy) is 1. The maximum Gasteiger partial charge on any atom is 0.408 e. The molecule has 2 rings (SSSR count). The Bertz CT molecular complexity index is 634. The fourth-order valence-electron chi connectivity index (χ4n) is 1.53. The molecule has 0 saturated carbocycles. The summed E-state index contributed by atoms with van der Waals surface area (Å²) in [6, 6.07) is 7.11. The minimum atomic E-state index is -0.551. The lowest BCUT2D eigenvalue weighted by atomic mass is 10.2. The molecular weight excluding hydrogens is 294 g/mol. The van der Waals surface area contributed by atoms with Crippen LogP contribution in [0.5, 0.6) is 0 Å². The van der Waals surface area contributed by atoms with Crippen LogP contribution in [-0.4, -0.2) is 21.8 Å². The zero-order valence-corrected chi connectivity index (χ0v) is 12.8. The van der Waals surface area contributed by atoms with Crippen LogP contribution in [0.4, 0.5) is 4.79 Å². The number of nitrogens with one attached hydrogen (secondary N) is 1. The zero-order valence-electron chi connectivity index (χ0n) is 12.0. The van der Waals surface area contributed by atoms with Gasteiger partial charge in [0.1, 0.15) is 12.1 Å². The Morgan fingerprint density at radius 2 is 2.19 bits per heavy atom. The van der Waals surface area contributed by atoms with Gasteiger partial charge in [0.15, 0.2) is 0 Å². The Labute approximate surface area is 127 Å². The van der Waals surface area contributed by atoms with E-state index in [9.17, 15) is 4.79 Å². The molecule has 0 aliphatic heterocycles. The first-order chi connectivity index (χ1) is 9.83. The number of rotatable bonds is 3. The van der Waals surface area contributed by atoms with E-state index in [2.05, 4.69) is 15.5 Å².